The molecule has 0 amide bonds. The molecule has 1 aromatic carbocycles. The van der Waals surface area contributed by atoms with E-state index < -0.39 is 0 Å². The van der Waals surface area contributed by atoms with Gasteiger partial charge in [0.15, 0.2) is 0 Å². The molecule has 1 saturated heterocycles. The van der Waals surface area contributed by atoms with Crippen molar-refractivity contribution in [3.8, 4) is 5.75 Å². The largest absolute Gasteiger partial charge is 0.497 e. The van der Waals surface area contributed by atoms with Crippen LogP contribution in [-0.4, -0.2) is 26.2 Å². The van der Waals surface area contributed by atoms with Gasteiger partial charge in [-0.05, 0) is 25.0 Å². The van der Waals surface area contributed by atoms with E-state index in [1.165, 1.54) is 18.5 Å². The monoisotopic (exact) mass is 242 g/mol. The molecule has 90 valence electrons. The fourth-order valence-electron chi connectivity index (χ4n) is 2.21. The number of ether oxygens (including phenoxy) is 1. The average molecular weight is 243 g/mol. The zero-order valence-electron chi connectivity index (χ0n) is 9.56. The van der Waals surface area contributed by atoms with Crippen molar-refractivity contribution in [2.24, 2.45) is 5.73 Å². The quantitative estimate of drug-likeness (QED) is 0.882. The molecule has 0 spiro atoms. The van der Waals surface area contributed by atoms with Gasteiger partial charge in [0.25, 0.3) is 0 Å². The van der Waals surface area contributed by atoms with E-state index in [4.69, 9.17) is 10.5 Å². The number of hydrogen-bond acceptors (Lipinski definition) is 3. The maximum Gasteiger partial charge on any atom is 0.120 e. The minimum atomic E-state index is 0. The highest BCUT2D eigenvalue weighted by molar-refractivity contribution is 5.85. The van der Waals surface area contributed by atoms with Gasteiger partial charge in [0.2, 0.25) is 0 Å². The molecule has 1 fully saturated rings. The lowest BCUT2D eigenvalue weighted by atomic mass is 10.2. The fraction of sp³-hybridized carbons (Fsp3) is 0.500. The smallest absolute Gasteiger partial charge is 0.120 e. The van der Waals surface area contributed by atoms with Crippen LogP contribution < -0.4 is 15.4 Å². The first-order valence-electron chi connectivity index (χ1n) is 5.46. The van der Waals surface area contributed by atoms with E-state index in [1.807, 2.05) is 12.1 Å². The summed E-state index contributed by atoms with van der Waals surface area (Å²) in [6.45, 7) is 1.84. The molecule has 1 heterocycles. The van der Waals surface area contributed by atoms with Gasteiger partial charge in [0.1, 0.15) is 5.75 Å². The predicted octanol–water partition coefficient (Wildman–Crippen LogP) is 2.04. The first-order chi connectivity index (χ1) is 7.35. The molecule has 0 saturated carbocycles. The number of hydrogen-bond donors (Lipinski definition) is 1. The number of anilines is 1. The normalized spacial score (nSPS) is 19.4. The maximum absolute atomic E-state index is 5.76. The summed E-state index contributed by atoms with van der Waals surface area (Å²) in [5.74, 6) is 0.912. The summed E-state index contributed by atoms with van der Waals surface area (Å²) < 4.78 is 5.23. The predicted molar refractivity (Wildman–Crippen MR) is 69.7 cm³/mol. The Morgan fingerprint density at radius 3 is 3.00 bits per heavy atom. The highest BCUT2D eigenvalue weighted by Crippen LogP contribution is 2.27. The Bertz CT molecular complexity index is 333. The number of methoxy groups -OCH3 is 1. The van der Waals surface area contributed by atoms with Crippen molar-refractivity contribution < 1.29 is 4.74 Å². The van der Waals surface area contributed by atoms with E-state index in [2.05, 4.69) is 17.0 Å². The Morgan fingerprint density at radius 1 is 1.50 bits per heavy atom. The Labute approximate surface area is 103 Å². The summed E-state index contributed by atoms with van der Waals surface area (Å²) in [4.78, 5) is 2.38. The standard InChI is InChI=1S/C12H18N2O.ClH/c1-15-12-6-2-4-10(8-12)14-7-3-5-11(14)9-13;/h2,4,6,8,11H,3,5,7,9,13H2,1H3;1H. The third-order valence-corrected chi connectivity index (χ3v) is 3.03. The third-order valence-electron chi connectivity index (χ3n) is 3.03. The second-order valence-electron chi connectivity index (χ2n) is 3.93. The lowest BCUT2D eigenvalue weighted by Crippen LogP contribution is -2.35. The van der Waals surface area contributed by atoms with Crippen LogP contribution in [0.15, 0.2) is 24.3 Å². The molecule has 1 atom stereocenters. The van der Waals surface area contributed by atoms with Crippen LogP contribution in [0, 0.1) is 0 Å². The molecular weight excluding hydrogens is 224 g/mol. The maximum atomic E-state index is 5.76. The second kappa shape index (κ2) is 5.97. The highest BCUT2D eigenvalue weighted by Gasteiger charge is 2.23. The van der Waals surface area contributed by atoms with E-state index in [0.29, 0.717) is 6.04 Å². The number of nitrogens with zero attached hydrogens (tertiary/aromatic N) is 1. The Kier molecular flexibility index (Phi) is 4.90. The second-order valence-corrected chi connectivity index (χ2v) is 3.93. The Hall–Kier alpha value is -0.930. The van der Waals surface area contributed by atoms with Crippen LogP contribution in [0.2, 0.25) is 0 Å². The molecule has 2 rings (SSSR count). The van der Waals surface area contributed by atoms with Crippen LogP contribution in [0.4, 0.5) is 5.69 Å². The van der Waals surface area contributed by atoms with Crippen molar-refractivity contribution in [1.82, 2.24) is 0 Å². The molecule has 16 heavy (non-hydrogen) atoms. The third kappa shape index (κ3) is 2.60. The Morgan fingerprint density at radius 2 is 2.31 bits per heavy atom. The van der Waals surface area contributed by atoms with Crippen molar-refractivity contribution in [1.29, 1.82) is 0 Å². The van der Waals surface area contributed by atoms with E-state index in [1.54, 1.807) is 7.11 Å². The van der Waals surface area contributed by atoms with Gasteiger partial charge >= 0.3 is 0 Å². The molecule has 0 aliphatic carbocycles. The molecule has 1 unspecified atom stereocenters. The van der Waals surface area contributed by atoms with E-state index >= 15 is 0 Å². The SMILES string of the molecule is COc1cccc(N2CCCC2CN)c1.Cl. The van der Waals surface area contributed by atoms with Gasteiger partial charge in [-0.3, -0.25) is 0 Å². The first-order valence-corrected chi connectivity index (χ1v) is 5.46. The van der Waals surface area contributed by atoms with Gasteiger partial charge < -0.3 is 15.4 Å². The number of rotatable bonds is 3. The van der Waals surface area contributed by atoms with Gasteiger partial charge in [-0.25, -0.2) is 0 Å². The van der Waals surface area contributed by atoms with Crippen LogP contribution in [0.1, 0.15) is 12.8 Å². The lowest BCUT2D eigenvalue weighted by Gasteiger charge is -2.25. The number of benzene rings is 1. The molecule has 0 aromatic heterocycles. The minimum absolute atomic E-state index is 0. The average Bonchev–Trinajstić information content (AvgIpc) is 2.77. The van der Waals surface area contributed by atoms with Gasteiger partial charge in [0, 0.05) is 30.9 Å². The summed E-state index contributed by atoms with van der Waals surface area (Å²) in [7, 11) is 1.70. The zero-order chi connectivity index (χ0) is 10.7. The summed E-state index contributed by atoms with van der Waals surface area (Å²) >= 11 is 0. The Balaban J connectivity index is 0.00000128. The summed E-state index contributed by atoms with van der Waals surface area (Å²) in [6, 6.07) is 8.69. The van der Waals surface area contributed by atoms with E-state index in [0.717, 1.165) is 18.8 Å². The van der Waals surface area contributed by atoms with Crippen molar-refractivity contribution in [2.75, 3.05) is 25.1 Å². The topological polar surface area (TPSA) is 38.5 Å². The zero-order valence-corrected chi connectivity index (χ0v) is 10.4. The minimum Gasteiger partial charge on any atom is -0.497 e. The molecule has 1 aliphatic rings. The lowest BCUT2D eigenvalue weighted by molar-refractivity contribution is 0.414. The molecule has 1 aliphatic heterocycles. The number of halogens is 1. The van der Waals surface area contributed by atoms with Gasteiger partial charge in [-0.2, -0.15) is 0 Å². The fourth-order valence-corrected chi connectivity index (χ4v) is 2.21. The number of nitrogens with two attached hydrogens (primary N) is 1. The molecule has 3 nitrogen and oxygen atoms in total. The molecule has 0 bridgehead atoms. The summed E-state index contributed by atoms with van der Waals surface area (Å²) in [5.41, 5.74) is 6.98. The van der Waals surface area contributed by atoms with Crippen LogP contribution in [0.5, 0.6) is 5.75 Å². The molecule has 2 N–H and O–H groups in total. The van der Waals surface area contributed by atoms with Crippen molar-refractivity contribution >= 4 is 18.1 Å². The van der Waals surface area contributed by atoms with Crippen molar-refractivity contribution in [3.05, 3.63) is 24.3 Å². The van der Waals surface area contributed by atoms with Gasteiger partial charge in [-0.1, -0.05) is 6.07 Å². The van der Waals surface area contributed by atoms with E-state index in [9.17, 15) is 0 Å². The van der Waals surface area contributed by atoms with Crippen molar-refractivity contribution in [3.63, 3.8) is 0 Å². The van der Waals surface area contributed by atoms with E-state index in [-0.39, 0.29) is 12.4 Å². The molecule has 4 heteroatoms. The highest BCUT2D eigenvalue weighted by atomic mass is 35.5. The van der Waals surface area contributed by atoms with Gasteiger partial charge in [-0.15, -0.1) is 12.4 Å². The molecule has 0 radical (unpaired) electrons. The van der Waals surface area contributed by atoms with Crippen LogP contribution in [0.3, 0.4) is 0 Å². The summed E-state index contributed by atoms with van der Waals surface area (Å²) in [5, 5.41) is 0. The molecule has 1 aromatic rings. The van der Waals surface area contributed by atoms with Crippen LogP contribution in [0.25, 0.3) is 0 Å². The van der Waals surface area contributed by atoms with Crippen LogP contribution >= 0.6 is 12.4 Å². The van der Waals surface area contributed by atoms with Gasteiger partial charge in [0.05, 0.1) is 7.11 Å². The first kappa shape index (κ1) is 13.1. The van der Waals surface area contributed by atoms with Crippen molar-refractivity contribution in [2.45, 2.75) is 18.9 Å². The molecular formula is C12H19ClN2O. The summed E-state index contributed by atoms with van der Waals surface area (Å²) in [6.07, 6.45) is 2.44. The van der Waals surface area contributed by atoms with Crippen LogP contribution in [-0.2, 0) is 0 Å².